The van der Waals surface area contributed by atoms with Gasteiger partial charge < -0.3 is 14.1 Å². The molecule has 1 aliphatic rings. The van der Waals surface area contributed by atoms with Crippen LogP contribution >= 0.6 is 0 Å². The van der Waals surface area contributed by atoms with Crippen LogP contribution in [0, 0.1) is 6.92 Å². The quantitative estimate of drug-likeness (QED) is 0.811. The molecule has 1 fully saturated rings. The fraction of sp³-hybridized carbons (Fsp3) is 0.421. The van der Waals surface area contributed by atoms with E-state index in [2.05, 4.69) is 4.98 Å². The third-order valence-electron chi connectivity index (χ3n) is 4.51. The summed E-state index contributed by atoms with van der Waals surface area (Å²) in [7, 11) is -4.01. The minimum atomic E-state index is -4.01. The van der Waals surface area contributed by atoms with Crippen molar-refractivity contribution in [1.82, 2.24) is 9.88 Å². The Morgan fingerprint density at radius 1 is 1.15 bits per heavy atom. The van der Waals surface area contributed by atoms with Crippen molar-refractivity contribution in [2.75, 3.05) is 13.1 Å². The molecule has 1 aromatic carbocycles. The molecule has 0 aliphatic carbocycles. The zero-order chi connectivity index (χ0) is 18.9. The van der Waals surface area contributed by atoms with Crippen molar-refractivity contribution >= 4 is 16.0 Å². The molecule has 6 nitrogen and oxygen atoms in total. The molecule has 0 unspecified atom stereocenters. The molecule has 7 heteroatoms. The number of carbonyl (C=O) groups is 1. The molecule has 1 aromatic heterocycles. The summed E-state index contributed by atoms with van der Waals surface area (Å²) in [6, 6.07) is 6.77. The van der Waals surface area contributed by atoms with E-state index in [0.29, 0.717) is 13.1 Å². The number of nitrogens with zero attached hydrogens (tertiary/aromatic N) is 1. The van der Waals surface area contributed by atoms with Gasteiger partial charge in [-0.15, -0.1) is 0 Å². The Morgan fingerprint density at radius 2 is 1.85 bits per heavy atom. The summed E-state index contributed by atoms with van der Waals surface area (Å²) >= 11 is 0. The molecule has 0 saturated carbocycles. The van der Waals surface area contributed by atoms with Crippen molar-refractivity contribution in [2.45, 2.75) is 44.4 Å². The molecule has 1 amide bonds. The molecule has 1 aliphatic heterocycles. The highest BCUT2D eigenvalue weighted by Crippen LogP contribution is 2.26. The first-order valence-electron chi connectivity index (χ1n) is 8.80. The van der Waals surface area contributed by atoms with E-state index in [9.17, 15) is 13.2 Å². The van der Waals surface area contributed by atoms with Crippen LogP contribution in [-0.2, 0) is 10.1 Å². The Labute approximate surface area is 154 Å². The zero-order valence-corrected chi connectivity index (χ0v) is 16.1. The van der Waals surface area contributed by atoms with E-state index in [-0.39, 0.29) is 28.2 Å². The van der Waals surface area contributed by atoms with E-state index in [0.717, 1.165) is 24.0 Å². The van der Waals surface area contributed by atoms with Crippen LogP contribution in [-0.4, -0.2) is 37.3 Å². The normalized spacial score (nSPS) is 14.8. The Kier molecular flexibility index (Phi) is 5.09. The average Bonchev–Trinajstić information content (AvgIpc) is 3.25. The maximum absolute atomic E-state index is 12.6. The zero-order valence-electron chi connectivity index (χ0n) is 15.3. The number of likely N-dealkylation sites (tertiary alicyclic amines) is 1. The maximum atomic E-state index is 12.6. The van der Waals surface area contributed by atoms with Gasteiger partial charge in [-0.25, -0.2) is 0 Å². The number of H-pyrrole nitrogens is 1. The van der Waals surface area contributed by atoms with E-state index in [1.165, 1.54) is 12.3 Å². The van der Waals surface area contributed by atoms with Crippen molar-refractivity contribution in [3.8, 4) is 5.75 Å². The van der Waals surface area contributed by atoms with Crippen LogP contribution in [0.15, 0.2) is 35.4 Å². The highest BCUT2D eigenvalue weighted by atomic mass is 32.2. The van der Waals surface area contributed by atoms with Crippen molar-refractivity contribution in [3.63, 3.8) is 0 Å². The van der Waals surface area contributed by atoms with Gasteiger partial charge in [0, 0.05) is 19.3 Å². The topological polar surface area (TPSA) is 79.5 Å². The highest BCUT2D eigenvalue weighted by Gasteiger charge is 2.25. The molecule has 2 heterocycles. The fourth-order valence-electron chi connectivity index (χ4n) is 3.07. The van der Waals surface area contributed by atoms with Gasteiger partial charge in [0.1, 0.15) is 16.3 Å². The Bertz CT molecular complexity index is 909. The molecule has 0 radical (unpaired) electrons. The first kappa shape index (κ1) is 18.5. The van der Waals surface area contributed by atoms with Crippen molar-refractivity contribution in [2.24, 2.45) is 0 Å². The number of aromatic amines is 1. The largest absolute Gasteiger partial charge is 0.379 e. The van der Waals surface area contributed by atoms with Gasteiger partial charge in [-0.05, 0) is 55.0 Å². The molecule has 3 rings (SSSR count). The number of rotatable bonds is 5. The lowest BCUT2D eigenvalue weighted by atomic mass is 10.0. The van der Waals surface area contributed by atoms with E-state index in [1.807, 2.05) is 26.8 Å². The lowest BCUT2D eigenvalue weighted by Crippen LogP contribution is -2.27. The van der Waals surface area contributed by atoms with Crippen LogP contribution in [0.25, 0.3) is 0 Å². The summed E-state index contributed by atoms with van der Waals surface area (Å²) in [5.41, 5.74) is 2.20. The molecule has 0 bridgehead atoms. The monoisotopic (exact) mass is 376 g/mol. The number of carbonyl (C=O) groups excluding carboxylic acids is 1. The Balaban J connectivity index is 1.82. The van der Waals surface area contributed by atoms with Crippen molar-refractivity contribution in [1.29, 1.82) is 0 Å². The van der Waals surface area contributed by atoms with Crippen LogP contribution in [0.5, 0.6) is 5.75 Å². The first-order valence-corrected chi connectivity index (χ1v) is 10.2. The minimum absolute atomic E-state index is 0.0485. The van der Waals surface area contributed by atoms with E-state index >= 15 is 0 Å². The first-order chi connectivity index (χ1) is 12.3. The summed E-state index contributed by atoms with van der Waals surface area (Å²) in [6.45, 7) is 7.38. The van der Waals surface area contributed by atoms with E-state index in [4.69, 9.17) is 4.18 Å². The lowest BCUT2D eigenvalue weighted by Gasteiger charge is -2.13. The van der Waals surface area contributed by atoms with Crippen LogP contribution in [0.3, 0.4) is 0 Å². The SMILES string of the molecule is Cc1cc(OS(=O)(=O)c2c[nH]c(C(=O)N3CCCC3)c2)cc(C(C)C)c1. The second kappa shape index (κ2) is 7.15. The molecular formula is C19H24N2O4S. The van der Waals surface area contributed by atoms with Crippen LogP contribution in [0.2, 0.25) is 0 Å². The number of hydrogen-bond acceptors (Lipinski definition) is 4. The summed E-state index contributed by atoms with van der Waals surface area (Å²) < 4.78 is 30.5. The van der Waals surface area contributed by atoms with E-state index < -0.39 is 10.1 Å². The molecule has 1 N–H and O–H groups in total. The number of hydrogen-bond donors (Lipinski definition) is 1. The smallest absolute Gasteiger partial charge is 0.340 e. The second-order valence-electron chi connectivity index (χ2n) is 7.02. The van der Waals surface area contributed by atoms with Crippen molar-refractivity contribution in [3.05, 3.63) is 47.3 Å². The van der Waals surface area contributed by atoms with Crippen LogP contribution in [0.4, 0.5) is 0 Å². The highest BCUT2D eigenvalue weighted by molar-refractivity contribution is 7.87. The Morgan fingerprint density at radius 3 is 2.50 bits per heavy atom. The predicted octanol–water partition coefficient (Wildman–Crippen LogP) is 3.45. The summed E-state index contributed by atoms with van der Waals surface area (Å²) in [5, 5.41) is 0. The van der Waals surface area contributed by atoms with Gasteiger partial charge in [0.25, 0.3) is 5.91 Å². The van der Waals surface area contributed by atoms with Gasteiger partial charge in [-0.3, -0.25) is 4.79 Å². The number of nitrogens with one attached hydrogen (secondary N) is 1. The van der Waals surface area contributed by atoms with Gasteiger partial charge >= 0.3 is 10.1 Å². The average molecular weight is 376 g/mol. The predicted molar refractivity (Wildman–Crippen MR) is 99.0 cm³/mol. The number of amides is 1. The minimum Gasteiger partial charge on any atom is -0.379 e. The van der Waals surface area contributed by atoms with Gasteiger partial charge in [-0.1, -0.05) is 19.9 Å². The molecule has 26 heavy (non-hydrogen) atoms. The molecule has 1 saturated heterocycles. The Hall–Kier alpha value is -2.28. The van der Waals surface area contributed by atoms with Gasteiger partial charge in [-0.2, -0.15) is 8.42 Å². The molecule has 140 valence electrons. The second-order valence-corrected chi connectivity index (χ2v) is 8.57. The maximum Gasteiger partial charge on any atom is 0.340 e. The summed E-state index contributed by atoms with van der Waals surface area (Å²) in [6.07, 6.45) is 3.26. The van der Waals surface area contributed by atoms with Gasteiger partial charge in [0.05, 0.1) is 0 Å². The fourth-order valence-corrected chi connectivity index (χ4v) is 3.98. The summed E-state index contributed by atoms with van der Waals surface area (Å²) in [4.78, 5) is 16.8. The van der Waals surface area contributed by atoms with Gasteiger partial charge in [0.15, 0.2) is 0 Å². The number of aromatic nitrogens is 1. The van der Waals surface area contributed by atoms with Crippen LogP contribution < -0.4 is 4.18 Å². The number of benzene rings is 1. The van der Waals surface area contributed by atoms with E-state index in [1.54, 1.807) is 17.0 Å². The lowest BCUT2D eigenvalue weighted by molar-refractivity contribution is 0.0787. The molecular weight excluding hydrogens is 352 g/mol. The molecule has 0 atom stereocenters. The number of aryl methyl sites for hydroxylation is 1. The molecule has 0 spiro atoms. The molecule has 2 aromatic rings. The van der Waals surface area contributed by atoms with Crippen molar-refractivity contribution < 1.29 is 17.4 Å². The standard InChI is InChI=1S/C19H24N2O4S/c1-13(2)15-8-14(3)9-16(10-15)25-26(23,24)17-11-18(20-12-17)19(22)21-6-4-5-7-21/h8-13,20H,4-7H2,1-3H3. The summed E-state index contributed by atoms with van der Waals surface area (Å²) in [5.74, 6) is 0.362. The van der Waals surface area contributed by atoms with Gasteiger partial charge in [0.2, 0.25) is 0 Å². The third kappa shape index (κ3) is 3.93. The van der Waals surface area contributed by atoms with Crippen LogP contribution in [0.1, 0.15) is 54.2 Å². The third-order valence-corrected chi connectivity index (χ3v) is 5.74.